The van der Waals surface area contributed by atoms with Gasteiger partial charge in [0.15, 0.2) is 0 Å². The van der Waals surface area contributed by atoms with Crippen LogP contribution in [0.1, 0.15) is 47.1 Å². The van der Waals surface area contributed by atoms with Crippen LogP contribution in [0.3, 0.4) is 0 Å². The third kappa shape index (κ3) is 6.07. The minimum atomic E-state index is -0.237. The highest BCUT2D eigenvalue weighted by molar-refractivity contribution is 7.10. The van der Waals surface area contributed by atoms with E-state index < -0.39 is 0 Å². The van der Waals surface area contributed by atoms with Crippen molar-refractivity contribution >= 4 is 23.2 Å². The van der Waals surface area contributed by atoms with Crippen LogP contribution in [0.5, 0.6) is 17.2 Å². The van der Waals surface area contributed by atoms with Gasteiger partial charge in [-0.25, -0.2) is 0 Å². The molecule has 2 aromatic carbocycles. The molecule has 2 amide bonds. The molecule has 2 atom stereocenters. The van der Waals surface area contributed by atoms with Crippen molar-refractivity contribution in [3.05, 3.63) is 76.0 Å². The topological polar surface area (TPSA) is 68.3 Å². The lowest BCUT2D eigenvalue weighted by Crippen LogP contribution is -2.49. The van der Waals surface area contributed by atoms with Gasteiger partial charge in [0.05, 0.1) is 20.3 Å². The lowest BCUT2D eigenvalue weighted by atomic mass is 10.00. The van der Waals surface area contributed by atoms with Crippen molar-refractivity contribution in [1.29, 1.82) is 0 Å². The number of hydrogen-bond acceptors (Lipinski definition) is 6. The predicted octanol–water partition coefficient (Wildman–Crippen LogP) is 5.21. The summed E-state index contributed by atoms with van der Waals surface area (Å²) in [7, 11) is 3.19. The number of fused-ring (bicyclic) bond motifs is 1. The van der Waals surface area contributed by atoms with Gasteiger partial charge in [0, 0.05) is 29.1 Å². The Bertz CT molecular complexity index is 1230. The van der Waals surface area contributed by atoms with E-state index in [0.717, 1.165) is 18.4 Å². The smallest absolute Gasteiger partial charge is 0.254 e. The van der Waals surface area contributed by atoms with Gasteiger partial charge >= 0.3 is 0 Å². The average molecular weight is 523 g/mol. The molecule has 4 rings (SSSR count). The molecule has 8 heteroatoms. The molecule has 0 saturated heterocycles. The molecule has 1 aliphatic rings. The van der Waals surface area contributed by atoms with Crippen molar-refractivity contribution in [3.8, 4) is 17.2 Å². The van der Waals surface area contributed by atoms with Crippen molar-refractivity contribution in [2.24, 2.45) is 0 Å². The summed E-state index contributed by atoms with van der Waals surface area (Å²) in [6.45, 7) is 4.89. The number of nitrogens with zero attached hydrogens (tertiary/aromatic N) is 2. The SMILES string of the molecule is CCC(C)N(CC(=O)N1CCc2sccc2C1COc1cccc(OC)c1)C(=O)c1cccc(OC)c1. The highest BCUT2D eigenvalue weighted by Crippen LogP contribution is 2.34. The highest BCUT2D eigenvalue weighted by atomic mass is 32.1. The molecule has 0 spiro atoms. The van der Waals surface area contributed by atoms with Crippen LogP contribution in [-0.2, 0) is 11.2 Å². The molecule has 0 aliphatic carbocycles. The fraction of sp³-hybridized carbons (Fsp3) is 0.379. The molecule has 1 aliphatic heterocycles. The van der Waals surface area contributed by atoms with Gasteiger partial charge in [-0.3, -0.25) is 9.59 Å². The summed E-state index contributed by atoms with van der Waals surface area (Å²) in [4.78, 5) is 32.1. The number of ether oxygens (including phenoxy) is 3. The minimum Gasteiger partial charge on any atom is -0.497 e. The zero-order valence-electron chi connectivity index (χ0n) is 21.8. The number of rotatable bonds is 10. The largest absolute Gasteiger partial charge is 0.497 e. The summed E-state index contributed by atoms with van der Waals surface area (Å²) in [5.41, 5.74) is 1.62. The Morgan fingerprint density at radius 3 is 2.49 bits per heavy atom. The van der Waals surface area contributed by atoms with Gasteiger partial charge in [-0.05, 0) is 67.1 Å². The number of carbonyl (C=O) groups excluding carboxylic acids is 2. The molecule has 3 aromatic rings. The standard InChI is InChI=1S/C29H34N2O5S/c1-5-20(2)31(29(33)21-8-6-9-22(16-21)34-3)18-28(32)30-14-12-27-25(13-15-37-27)26(30)19-36-24-11-7-10-23(17-24)35-4/h6-11,13,15-17,20,26H,5,12,14,18-19H2,1-4H3. The Hall–Kier alpha value is -3.52. The molecule has 1 aromatic heterocycles. The van der Waals surface area contributed by atoms with Crippen LogP contribution in [0.4, 0.5) is 0 Å². The fourth-order valence-electron chi connectivity index (χ4n) is 4.55. The van der Waals surface area contributed by atoms with E-state index in [-0.39, 0.29) is 30.4 Å². The van der Waals surface area contributed by atoms with Crippen molar-refractivity contribution in [1.82, 2.24) is 9.80 Å². The molecule has 0 N–H and O–H groups in total. The van der Waals surface area contributed by atoms with Crippen LogP contribution in [0.25, 0.3) is 0 Å². The van der Waals surface area contributed by atoms with Gasteiger partial charge < -0.3 is 24.0 Å². The molecule has 0 fully saturated rings. The fourth-order valence-corrected chi connectivity index (χ4v) is 5.48. The van der Waals surface area contributed by atoms with E-state index in [4.69, 9.17) is 14.2 Å². The number of hydrogen-bond donors (Lipinski definition) is 0. The predicted molar refractivity (Wildman–Crippen MR) is 145 cm³/mol. The molecule has 0 bridgehead atoms. The van der Waals surface area contributed by atoms with Crippen LogP contribution in [0.2, 0.25) is 0 Å². The monoisotopic (exact) mass is 522 g/mol. The second-order valence-electron chi connectivity index (χ2n) is 9.06. The van der Waals surface area contributed by atoms with Crippen LogP contribution in [0.15, 0.2) is 60.0 Å². The van der Waals surface area contributed by atoms with Crippen molar-refractivity contribution in [2.75, 3.05) is 33.9 Å². The minimum absolute atomic E-state index is 0.000179. The lowest BCUT2D eigenvalue weighted by molar-refractivity contribution is -0.136. The number of methoxy groups -OCH3 is 2. The lowest BCUT2D eigenvalue weighted by Gasteiger charge is -2.38. The quantitative estimate of drug-likeness (QED) is 0.366. The first kappa shape index (κ1) is 26.5. The Morgan fingerprint density at radius 2 is 1.76 bits per heavy atom. The molecular weight excluding hydrogens is 488 g/mol. The summed E-state index contributed by atoms with van der Waals surface area (Å²) < 4.78 is 16.8. The van der Waals surface area contributed by atoms with Gasteiger partial charge in [-0.15, -0.1) is 11.3 Å². The molecule has 7 nitrogen and oxygen atoms in total. The van der Waals surface area contributed by atoms with Crippen LogP contribution < -0.4 is 14.2 Å². The molecule has 0 radical (unpaired) electrons. The van der Waals surface area contributed by atoms with Gasteiger partial charge in [0.2, 0.25) is 5.91 Å². The van der Waals surface area contributed by atoms with Crippen molar-refractivity contribution in [2.45, 2.75) is 38.8 Å². The van der Waals surface area contributed by atoms with Crippen molar-refractivity contribution in [3.63, 3.8) is 0 Å². The zero-order chi connectivity index (χ0) is 26.4. The first-order valence-corrected chi connectivity index (χ1v) is 13.4. The summed E-state index contributed by atoms with van der Waals surface area (Å²) in [6, 6.07) is 16.3. The van der Waals surface area contributed by atoms with Crippen molar-refractivity contribution < 1.29 is 23.8 Å². The second-order valence-corrected chi connectivity index (χ2v) is 10.1. The maximum Gasteiger partial charge on any atom is 0.254 e. The third-order valence-corrected chi connectivity index (χ3v) is 7.87. The normalized spacial score (nSPS) is 15.5. The van der Waals surface area contributed by atoms with E-state index >= 15 is 0 Å². The number of carbonyl (C=O) groups is 2. The first-order valence-electron chi connectivity index (χ1n) is 12.5. The molecule has 196 valence electrons. The highest BCUT2D eigenvalue weighted by Gasteiger charge is 2.34. The molecule has 0 saturated carbocycles. The second kappa shape index (κ2) is 12.1. The van der Waals surface area contributed by atoms with Crippen LogP contribution in [0, 0.1) is 0 Å². The van der Waals surface area contributed by atoms with E-state index in [1.165, 1.54) is 4.88 Å². The third-order valence-electron chi connectivity index (χ3n) is 6.87. The van der Waals surface area contributed by atoms with Gasteiger partial charge in [0.25, 0.3) is 5.91 Å². The number of thiophene rings is 1. The summed E-state index contributed by atoms with van der Waals surface area (Å²) in [6.07, 6.45) is 1.53. The summed E-state index contributed by atoms with van der Waals surface area (Å²) in [5.74, 6) is 1.73. The number of benzene rings is 2. The van der Waals surface area contributed by atoms with Crippen LogP contribution >= 0.6 is 11.3 Å². The maximum absolute atomic E-state index is 13.8. The Labute approximate surface area is 222 Å². The van der Waals surface area contributed by atoms with Gasteiger partial charge in [-0.1, -0.05) is 19.1 Å². The molecule has 37 heavy (non-hydrogen) atoms. The average Bonchev–Trinajstić information content (AvgIpc) is 3.43. The van der Waals surface area contributed by atoms with E-state index in [1.54, 1.807) is 54.7 Å². The first-order chi connectivity index (χ1) is 17.9. The van der Waals surface area contributed by atoms with Gasteiger partial charge in [0.1, 0.15) is 30.4 Å². The summed E-state index contributed by atoms with van der Waals surface area (Å²) in [5, 5.41) is 2.06. The maximum atomic E-state index is 13.8. The molecule has 2 heterocycles. The van der Waals surface area contributed by atoms with E-state index in [0.29, 0.717) is 36.0 Å². The van der Waals surface area contributed by atoms with E-state index in [2.05, 4.69) is 11.4 Å². The Morgan fingerprint density at radius 1 is 1.05 bits per heavy atom. The van der Waals surface area contributed by atoms with E-state index in [9.17, 15) is 9.59 Å². The zero-order valence-corrected chi connectivity index (χ0v) is 22.6. The van der Waals surface area contributed by atoms with Crippen LogP contribution in [-0.4, -0.2) is 61.6 Å². The Kier molecular flexibility index (Phi) is 8.71. The summed E-state index contributed by atoms with van der Waals surface area (Å²) >= 11 is 1.71. The van der Waals surface area contributed by atoms with Gasteiger partial charge in [-0.2, -0.15) is 0 Å². The van der Waals surface area contributed by atoms with E-state index in [1.807, 2.05) is 43.0 Å². The Balaban J connectivity index is 1.55. The number of amides is 2. The molecular formula is C29H34N2O5S. The molecule has 2 unspecified atom stereocenters.